The minimum atomic E-state index is -5.42. The summed E-state index contributed by atoms with van der Waals surface area (Å²) < 4.78 is 107. The number of halogens is 8. The van der Waals surface area contributed by atoms with Gasteiger partial charge in [0.2, 0.25) is 11.8 Å². The van der Waals surface area contributed by atoms with Gasteiger partial charge in [0, 0.05) is 4.91 Å². The van der Waals surface area contributed by atoms with Crippen LogP contribution in [0.2, 0.25) is 0 Å². The van der Waals surface area contributed by atoms with Gasteiger partial charge in [-0.25, -0.2) is 26.3 Å². The lowest BCUT2D eigenvalue weighted by Crippen LogP contribution is -2.31. The van der Waals surface area contributed by atoms with Crippen molar-refractivity contribution in [2.24, 2.45) is 10.8 Å². The Morgan fingerprint density at radius 3 is 1.74 bits per heavy atom. The molecule has 0 spiro atoms. The SMILES string of the molecule is [N-]=[N+]=NC(F)=C(C(N)=O)C(F)(F)c1c(F)c(F)c(F)c(F)c1F. The van der Waals surface area contributed by atoms with E-state index in [9.17, 15) is 39.9 Å². The molecular weight excluding hydrogens is 344 g/mol. The Bertz CT molecular complexity index is 740. The molecule has 0 aliphatic heterocycles. The number of carbonyl (C=O) groups excluding carboxylic acids is 1. The van der Waals surface area contributed by atoms with Crippen molar-refractivity contribution in [3.8, 4) is 0 Å². The Balaban J connectivity index is 3.91. The molecule has 13 heteroatoms. The molecule has 0 atom stereocenters. The summed E-state index contributed by atoms with van der Waals surface area (Å²) in [4.78, 5) is 12.5. The van der Waals surface area contributed by atoms with Crippen LogP contribution in [-0.4, -0.2) is 5.91 Å². The van der Waals surface area contributed by atoms with Gasteiger partial charge in [-0.2, -0.15) is 8.78 Å². The number of amides is 1. The van der Waals surface area contributed by atoms with Gasteiger partial charge in [0.1, 0.15) is 11.1 Å². The molecule has 0 bridgehead atoms. The maximum atomic E-state index is 13.9. The zero-order chi connectivity index (χ0) is 18.1. The van der Waals surface area contributed by atoms with Gasteiger partial charge in [-0.15, -0.1) is 0 Å². The normalized spacial score (nSPS) is 12.5. The number of primary amides is 1. The van der Waals surface area contributed by atoms with Crippen LogP contribution in [0, 0.1) is 29.1 Å². The lowest BCUT2D eigenvalue weighted by atomic mass is 9.98. The molecule has 0 saturated heterocycles. The maximum absolute atomic E-state index is 13.9. The third-order valence-corrected chi connectivity index (χ3v) is 2.42. The van der Waals surface area contributed by atoms with Gasteiger partial charge in [0.25, 0.3) is 5.91 Å². The van der Waals surface area contributed by atoms with Crippen LogP contribution in [0.3, 0.4) is 0 Å². The van der Waals surface area contributed by atoms with Crippen LogP contribution in [0.5, 0.6) is 0 Å². The highest BCUT2D eigenvalue weighted by Crippen LogP contribution is 2.42. The number of azide groups is 1. The Morgan fingerprint density at radius 1 is 1.00 bits per heavy atom. The van der Waals surface area contributed by atoms with E-state index in [0.29, 0.717) is 0 Å². The minimum Gasteiger partial charge on any atom is -0.366 e. The smallest absolute Gasteiger partial charge is 0.312 e. The number of nitrogens with zero attached hydrogens (tertiary/aromatic N) is 3. The summed E-state index contributed by atoms with van der Waals surface area (Å²) in [7, 11) is 0. The monoisotopic (exact) mass is 346 g/mol. The quantitative estimate of drug-likeness (QED) is 0.130. The van der Waals surface area contributed by atoms with Gasteiger partial charge in [0.05, 0.1) is 0 Å². The van der Waals surface area contributed by atoms with Crippen LogP contribution in [0.15, 0.2) is 16.6 Å². The average molecular weight is 346 g/mol. The van der Waals surface area contributed by atoms with Crippen LogP contribution in [0.1, 0.15) is 5.56 Å². The highest BCUT2D eigenvalue weighted by atomic mass is 19.3. The maximum Gasteiger partial charge on any atom is 0.312 e. The van der Waals surface area contributed by atoms with Gasteiger partial charge >= 0.3 is 5.92 Å². The molecule has 5 nitrogen and oxygen atoms in total. The molecule has 0 radical (unpaired) electrons. The second-order valence-electron chi connectivity index (χ2n) is 3.74. The van der Waals surface area contributed by atoms with Crippen LogP contribution < -0.4 is 5.73 Å². The molecule has 0 heterocycles. The molecular formula is C10H2F8N4O. The van der Waals surface area contributed by atoms with Gasteiger partial charge in [-0.05, 0) is 10.6 Å². The lowest BCUT2D eigenvalue weighted by molar-refractivity contribution is -0.118. The molecule has 0 fully saturated rings. The summed E-state index contributed by atoms with van der Waals surface area (Å²) in [5.74, 6) is -24.7. The molecule has 23 heavy (non-hydrogen) atoms. The Labute approximate surface area is 120 Å². The molecule has 0 saturated carbocycles. The van der Waals surface area contributed by atoms with E-state index in [1.807, 2.05) is 5.11 Å². The van der Waals surface area contributed by atoms with Gasteiger partial charge in [0.15, 0.2) is 23.3 Å². The minimum absolute atomic E-state index is 1.70. The van der Waals surface area contributed by atoms with Crippen molar-refractivity contribution < 1.29 is 39.9 Å². The molecule has 0 unspecified atom stereocenters. The number of rotatable bonds is 4. The number of hydrogen-bond acceptors (Lipinski definition) is 2. The molecule has 124 valence electrons. The lowest BCUT2D eigenvalue weighted by Gasteiger charge is -2.20. The second kappa shape index (κ2) is 6.12. The van der Waals surface area contributed by atoms with E-state index in [0.717, 1.165) is 0 Å². The number of alkyl halides is 2. The van der Waals surface area contributed by atoms with Crippen molar-refractivity contribution >= 4 is 5.91 Å². The highest BCUT2D eigenvalue weighted by molar-refractivity contribution is 5.94. The fourth-order valence-electron chi connectivity index (χ4n) is 1.48. The first kappa shape index (κ1) is 18.2. The fourth-order valence-corrected chi connectivity index (χ4v) is 1.48. The van der Waals surface area contributed by atoms with Gasteiger partial charge in [-0.1, -0.05) is 0 Å². The van der Waals surface area contributed by atoms with Gasteiger partial charge in [-0.3, -0.25) is 4.79 Å². The molecule has 1 rings (SSSR count). The number of carbonyl (C=O) groups is 1. The molecule has 1 aromatic carbocycles. The number of nitrogens with two attached hydrogens (primary N) is 1. The summed E-state index contributed by atoms with van der Waals surface area (Å²) in [6.45, 7) is 0. The summed E-state index contributed by atoms with van der Waals surface area (Å²) in [5.41, 5.74) is 6.89. The van der Waals surface area contributed by atoms with E-state index in [2.05, 4.69) is 5.73 Å². The average Bonchev–Trinajstić information content (AvgIpc) is 2.42. The highest BCUT2D eigenvalue weighted by Gasteiger charge is 2.49. The first-order valence-corrected chi connectivity index (χ1v) is 5.13. The van der Waals surface area contributed by atoms with Crippen LogP contribution in [0.25, 0.3) is 10.4 Å². The Morgan fingerprint density at radius 2 is 1.39 bits per heavy atom. The third kappa shape index (κ3) is 2.90. The molecule has 0 aliphatic rings. The first-order chi connectivity index (χ1) is 10.5. The van der Waals surface area contributed by atoms with E-state index >= 15 is 0 Å². The van der Waals surface area contributed by atoms with E-state index in [1.54, 1.807) is 4.91 Å². The number of hydrogen-bond donors (Lipinski definition) is 1. The van der Waals surface area contributed by atoms with Gasteiger partial charge < -0.3 is 5.73 Å². The van der Waals surface area contributed by atoms with E-state index in [1.165, 1.54) is 0 Å². The Hall–Kier alpha value is -2.82. The summed E-state index contributed by atoms with van der Waals surface area (Å²) in [5, 5.41) is 1.97. The van der Waals surface area contributed by atoms with Crippen molar-refractivity contribution in [1.82, 2.24) is 0 Å². The van der Waals surface area contributed by atoms with E-state index in [4.69, 9.17) is 5.53 Å². The molecule has 1 amide bonds. The van der Waals surface area contributed by atoms with Crippen LogP contribution in [0.4, 0.5) is 35.1 Å². The molecule has 1 aromatic rings. The van der Waals surface area contributed by atoms with E-state index < -0.39 is 58.0 Å². The summed E-state index contributed by atoms with van der Waals surface area (Å²) in [6, 6.07) is 0. The zero-order valence-corrected chi connectivity index (χ0v) is 10.4. The first-order valence-electron chi connectivity index (χ1n) is 5.13. The van der Waals surface area contributed by atoms with E-state index in [-0.39, 0.29) is 0 Å². The van der Waals surface area contributed by atoms with Crippen molar-refractivity contribution in [3.05, 3.63) is 56.6 Å². The van der Waals surface area contributed by atoms with Crippen LogP contribution >= 0.6 is 0 Å². The third-order valence-electron chi connectivity index (χ3n) is 2.42. The zero-order valence-electron chi connectivity index (χ0n) is 10.4. The van der Waals surface area contributed by atoms with Crippen molar-refractivity contribution in [2.45, 2.75) is 5.92 Å². The number of benzene rings is 1. The predicted octanol–water partition coefficient (Wildman–Crippen LogP) is 3.45. The van der Waals surface area contributed by atoms with Crippen molar-refractivity contribution in [2.75, 3.05) is 0 Å². The summed E-state index contributed by atoms with van der Waals surface area (Å²) >= 11 is 0. The van der Waals surface area contributed by atoms with Crippen molar-refractivity contribution in [3.63, 3.8) is 0 Å². The molecule has 0 aliphatic carbocycles. The molecule has 2 N–H and O–H groups in total. The molecule has 0 aromatic heterocycles. The second-order valence-corrected chi connectivity index (χ2v) is 3.74. The van der Waals surface area contributed by atoms with Crippen molar-refractivity contribution in [1.29, 1.82) is 0 Å². The largest absolute Gasteiger partial charge is 0.366 e. The standard InChI is InChI=1S/C10H2F8N4O/c11-3-1(4(12)6(14)7(15)5(3)13)10(17,18)2(9(19)23)8(16)21-22-20/h(H2,19,23). The summed E-state index contributed by atoms with van der Waals surface area (Å²) in [6.07, 6.45) is 0. The van der Waals surface area contributed by atoms with Crippen LogP contribution in [-0.2, 0) is 10.7 Å². The fraction of sp³-hybridized carbons (Fsp3) is 0.100. The topological polar surface area (TPSA) is 91.8 Å². The Kier molecular flexibility index (Phi) is 4.85. The predicted molar refractivity (Wildman–Crippen MR) is 56.6 cm³/mol.